The lowest BCUT2D eigenvalue weighted by Crippen LogP contribution is -2.46. The number of halogens is 2. The molecule has 0 heterocycles. The Bertz CT molecular complexity index is 479. The van der Waals surface area contributed by atoms with Crippen molar-refractivity contribution in [2.75, 3.05) is 0 Å². The molecule has 3 N–H and O–H groups in total. The Kier molecular flexibility index (Phi) is 5.04. The highest BCUT2D eigenvalue weighted by Crippen LogP contribution is 2.19. The molecule has 0 bridgehead atoms. The van der Waals surface area contributed by atoms with E-state index in [1.165, 1.54) is 18.2 Å². The number of nitrogens with two attached hydrogens (primary N) is 1. The first-order chi connectivity index (χ1) is 8.34. The molecular weight excluding hydrogens is 275 g/mol. The zero-order chi connectivity index (χ0) is 13.9. The Morgan fingerprint density at radius 3 is 2.61 bits per heavy atom. The largest absolute Gasteiger partial charge is 0.392 e. The Morgan fingerprint density at radius 1 is 1.50 bits per heavy atom. The number of amides is 1. The Labute approximate surface area is 115 Å². The molecule has 0 aliphatic rings. The summed E-state index contributed by atoms with van der Waals surface area (Å²) in [7, 11) is 0. The molecule has 1 atom stereocenters. The summed E-state index contributed by atoms with van der Waals surface area (Å²) in [5.41, 5.74) is 5.61. The van der Waals surface area contributed by atoms with Gasteiger partial charge in [-0.3, -0.25) is 4.79 Å². The van der Waals surface area contributed by atoms with E-state index in [1.807, 2.05) is 13.8 Å². The predicted molar refractivity (Wildman–Crippen MR) is 74.3 cm³/mol. The summed E-state index contributed by atoms with van der Waals surface area (Å²) in [6, 6.07) is 3.60. The standard InChI is InChI=1S/C12H14ClFN2OS/c1-6(2)10(11(15)18)16-12(17)7-4-3-5-8(14)9(7)13/h3-6,10H,1-2H3,(H2,15,18)(H,16,17). The van der Waals surface area contributed by atoms with Gasteiger partial charge >= 0.3 is 0 Å². The second kappa shape index (κ2) is 6.11. The summed E-state index contributed by atoms with van der Waals surface area (Å²) in [6.07, 6.45) is 0. The van der Waals surface area contributed by atoms with Crippen molar-refractivity contribution in [3.8, 4) is 0 Å². The molecule has 1 unspecified atom stereocenters. The van der Waals surface area contributed by atoms with Crippen LogP contribution in [0.15, 0.2) is 18.2 Å². The van der Waals surface area contributed by atoms with Crippen LogP contribution >= 0.6 is 23.8 Å². The van der Waals surface area contributed by atoms with Crippen molar-refractivity contribution < 1.29 is 9.18 Å². The maximum absolute atomic E-state index is 13.2. The molecule has 98 valence electrons. The molecule has 0 fully saturated rings. The summed E-state index contributed by atoms with van der Waals surface area (Å²) in [4.78, 5) is 12.1. The highest BCUT2D eigenvalue weighted by atomic mass is 35.5. The van der Waals surface area contributed by atoms with Gasteiger partial charge in [0, 0.05) is 0 Å². The monoisotopic (exact) mass is 288 g/mol. The molecule has 0 radical (unpaired) electrons. The molecule has 0 aromatic heterocycles. The first-order valence-corrected chi connectivity index (χ1v) is 6.17. The molecule has 0 spiro atoms. The van der Waals surface area contributed by atoms with E-state index >= 15 is 0 Å². The third-order valence-corrected chi connectivity index (χ3v) is 3.09. The highest BCUT2D eigenvalue weighted by Gasteiger charge is 2.21. The van der Waals surface area contributed by atoms with E-state index in [9.17, 15) is 9.18 Å². The molecule has 1 aromatic rings. The van der Waals surface area contributed by atoms with Gasteiger partial charge in [-0.1, -0.05) is 43.7 Å². The van der Waals surface area contributed by atoms with Crippen LogP contribution in [-0.4, -0.2) is 16.9 Å². The molecule has 18 heavy (non-hydrogen) atoms. The first-order valence-electron chi connectivity index (χ1n) is 5.38. The van der Waals surface area contributed by atoms with Crippen LogP contribution in [0.4, 0.5) is 4.39 Å². The smallest absolute Gasteiger partial charge is 0.253 e. The van der Waals surface area contributed by atoms with Crippen molar-refractivity contribution in [2.24, 2.45) is 11.7 Å². The predicted octanol–water partition coefficient (Wildman–Crippen LogP) is 2.52. The van der Waals surface area contributed by atoms with E-state index in [4.69, 9.17) is 29.6 Å². The van der Waals surface area contributed by atoms with Crippen LogP contribution < -0.4 is 11.1 Å². The van der Waals surface area contributed by atoms with Crippen molar-refractivity contribution in [2.45, 2.75) is 19.9 Å². The third-order valence-electron chi connectivity index (χ3n) is 2.46. The molecule has 1 amide bonds. The lowest BCUT2D eigenvalue weighted by molar-refractivity contribution is 0.0939. The summed E-state index contributed by atoms with van der Waals surface area (Å²) >= 11 is 10.6. The fourth-order valence-electron chi connectivity index (χ4n) is 1.46. The number of hydrogen-bond acceptors (Lipinski definition) is 2. The van der Waals surface area contributed by atoms with Crippen LogP contribution in [0.25, 0.3) is 0 Å². The van der Waals surface area contributed by atoms with Gasteiger partial charge in [0.1, 0.15) is 5.82 Å². The van der Waals surface area contributed by atoms with Gasteiger partial charge in [-0.2, -0.15) is 0 Å². The molecule has 0 aliphatic heterocycles. The van der Waals surface area contributed by atoms with Crippen molar-refractivity contribution in [1.82, 2.24) is 5.32 Å². The minimum atomic E-state index is -0.638. The quantitative estimate of drug-likeness (QED) is 0.837. The number of hydrogen-bond donors (Lipinski definition) is 2. The Hall–Kier alpha value is -1.20. The zero-order valence-electron chi connectivity index (χ0n) is 10.0. The molecule has 0 saturated heterocycles. The van der Waals surface area contributed by atoms with Crippen molar-refractivity contribution in [3.63, 3.8) is 0 Å². The van der Waals surface area contributed by atoms with Gasteiger partial charge in [0.25, 0.3) is 5.91 Å². The molecule has 0 saturated carbocycles. The molecular formula is C12H14ClFN2OS. The van der Waals surface area contributed by atoms with Gasteiger partial charge in [0.2, 0.25) is 0 Å². The Balaban J connectivity index is 2.94. The van der Waals surface area contributed by atoms with Crippen molar-refractivity contribution in [1.29, 1.82) is 0 Å². The number of carbonyl (C=O) groups excluding carboxylic acids is 1. The normalized spacial score (nSPS) is 12.3. The molecule has 6 heteroatoms. The summed E-state index contributed by atoms with van der Waals surface area (Å²) in [5, 5.41) is 2.44. The van der Waals surface area contributed by atoms with Crippen LogP contribution in [0.5, 0.6) is 0 Å². The minimum Gasteiger partial charge on any atom is -0.392 e. The molecule has 3 nitrogen and oxygen atoms in total. The fourth-order valence-corrected chi connectivity index (χ4v) is 2.01. The number of benzene rings is 1. The fraction of sp³-hybridized carbons (Fsp3) is 0.333. The van der Waals surface area contributed by atoms with E-state index in [-0.39, 0.29) is 21.5 Å². The van der Waals surface area contributed by atoms with Gasteiger partial charge in [0.15, 0.2) is 0 Å². The Morgan fingerprint density at radius 2 is 2.11 bits per heavy atom. The number of nitrogens with one attached hydrogen (secondary N) is 1. The molecule has 0 aliphatic carbocycles. The van der Waals surface area contributed by atoms with E-state index < -0.39 is 17.8 Å². The molecule has 1 aromatic carbocycles. The lowest BCUT2D eigenvalue weighted by atomic mass is 10.0. The van der Waals surface area contributed by atoms with Crippen LogP contribution in [0.1, 0.15) is 24.2 Å². The van der Waals surface area contributed by atoms with Gasteiger partial charge in [-0.15, -0.1) is 0 Å². The average molecular weight is 289 g/mol. The highest BCUT2D eigenvalue weighted by molar-refractivity contribution is 7.80. The van der Waals surface area contributed by atoms with Gasteiger partial charge in [-0.05, 0) is 18.1 Å². The summed E-state index contributed by atoms with van der Waals surface area (Å²) in [6.45, 7) is 3.74. The lowest BCUT2D eigenvalue weighted by Gasteiger charge is -2.21. The van der Waals surface area contributed by atoms with Crippen LogP contribution in [0.3, 0.4) is 0 Å². The van der Waals surface area contributed by atoms with E-state index in [2.05, 4.69) is 5.32 Å². The average Bonchev–Trinajstić information content (AvgIpc) is 2.28. The summed E-state index contributed by atoms with van der Waals surface area (Å²) < 4.78 is 13.2. The van der Waals surface area contributed by atoms with E-state index in [0.29, 0.717) is 0 Å². The second-order valence-corrected chi connectivity index (χ2v) is 5.05. The van der Waals surface area contributed by atoms with Crippen LogP contribution in [0, 0.1) is 11.7 Å². The maximum atomic E-state index is 13.2. The number of thiocarbonyl (C=S) groups is 1. The van der Waals surface area contributed by atoms with Crippen molar-refractivity contribution >= 4 is 34.7 Å². The number of rotatable bonds is 4. The maximum Gasteiger partial charge on any atom is 0.253 e. The van der Waals surface area contributed by atoms with E-state index in [1.54, 1.807) is 0 Å². The van der Waals surface area contributed by atoms with E-state index in [0.717, 1.165) is 0 Å². The van der Waals surface area contributed by atoms with Crippen LogP contribution in [0.2, 0.25) is 5.02 Å². The van der Waals surface area contributed by atoms with Gasteiger partial charge in [-0.25, -0.2) is 4.39 Å². The van der Waals surface area contributed by atoms with Crippen LogP contribution in [-0.2, 0) is 0 Å². The topological polar surface area (TPSA) is 55.1 Å². The second-order valence-electron chi connectivity index (χ2n) is 4.20. The van der Waals surface area contributed by atoms with Crippen molar-refractivity contribution in [3.05, 3.63) is 34.6 Å². The molecule has 1 rings (SSSR count). The van der Waals surface area contributed by atoms with Gasteiger partial charge in [0.05, 0.1) is 21.6 Å². The van der Waals surface area contributed by atoms with Gasteiger partial charge < -0.3 is 11.1 Å². The number of carbonyl (C=O) groups is 1. The summed E-state index contributed by atoms with van der Waals surface area (Å²) in [5.74, 6) is -1.09. The minimum absolute atomic E-state index is 0.0405. The third kappa shape index (κ3) is 3.40. The zero-order valence-corrected chi connectivity index (χ0v) is 11.6. The SMILES string of the molecule is CC(C)C(NC(=O)c1cccc(F)c1Cl)C(N)=S. The first kappa shape index (κ1) is 14.9.